The highest BCUT2D eigenvalue weighted by Crippen LogP contribution is 2.24. The van der Waals surface area contributed by atoms with Gasteiger partial charge in [-0.3, -0.25) is 9.78 Å². The lowest BCUT2D eigenvalue weighted by molar-refractivity contribution is 0.430. The van der Waals surface area contributed by atoms with Gasteiger partial charge < -0.3 is 5.11 Å². The maximum atomic E-state index is 13.5. The van der Waals surface area contributed by atoms with Crippen LogP contribution in [0.15, 0.2) is 32.3 Å². The van der Waals surface area contributed by atoms with Gasteiger partial charge in [0.25, 0.3) is 5.56 Å². The van der Waals surface area contributed by atoms with Crippen LogP contribution in [-0.2, 0) is 0 Å². The lowest BCUT2D eigenvalue weighted by Crippen LogP contribution is -2.28. The third-order valence-corrected chi connectivity index (χ3v) is 3.01. The Labute approximate surface area is 109 Å². The molecule has 0 spiro atoms. The molecule has 0 aliphatic heterocycles. The van der Waals surface area contributed by atoms with Crippen LogP contribution in [0, 0.1) is 12.7 Å². The predicted molar refractivity (Wildman–Crippen MR) is 66.7 cm³/mol. The Hall–Kier alpha value is -1.89. The highest BCUT2D eigenvalue weighted by atomic mass is 79.9. The highest BCUT2D eigenvalue weighted by Gasteiger charge is 2.12. The normalized spacial score (nSPS) is 10.6. The topological polar surface area (TPSA) is 75.1 Å². The van der Waals surface area contributed by atoms with Crippen molar-refractivity contribution < 1.29 is 9.50 Å². The molecule has 0 aliphatic rings. The zero-order valence-corrected chi connectivity index (χ0v) is 10.8. The molecule has 7 heteroatoms. The van der Waals surface area contributed by atoms with Crippen molar-refractivity contribution in [2.24, 2.45) is 0 Å². The van der Waals surface area contributed by atoms with Gasteiger partial charge in [-0.15, -0.1) is 0 Å². The summed E-state index contributed by atoms with van der Waals surface area (Å²) in [5, 5.41) is 9.62. The maximum Gasteiger partial charge on any atom is 0.335 e. The van der Waals surface area contributed by atoms with E-state index in [1.165, 1.54) is 6.07 Å². The van der Waals surface area contributed by atoms with Crippen LogP contribution in [0.1, 0.15) is 5.56 Å². The van der Waals surface area contributed by atoms with E-state index in [9.17, 15) is 19.1 Å². The maximum absolute atomic E-state index is 13.5. The van der Waals surface area contributed by atoms with E-state index in [4.69, 9.17) is 0 Å². The van der Waals surface area contributed by atoms with E-state index in [2.05, 4.69) is 15.9 Å². The Morgan fingerprint density at radius 3 is 2.61 bits per heavy atom. The highest BCUT2D eigenvalue weighted by molar-refractivity contribution is 9.10. The van der Waals surface area contributed by atoms with Crippen molar-refractivity contribution in [3.8, 4) is 11.6 Å². The number of hydrogen-bond donors (Lipinski definition) is 2. The molecule has 1 aromatic carbocycles. The zero-order valence-electron chi connectivity index (χ0n) is 9.20. The Morgan fingerprint density at radius 2 is 2.00 bits per heavy atom. The van der Waals surface area contributed by atoms with Gasteiger partial charge in [0.2, 0.25) is 5.88 Å². The Morgan fingerprint density at radius 1 is 1.33 bits per heavy atom. The molecule has 0 atom stereocenters. The predicted octanol–water partition coefficient (Wildman–Crippen LogP) is 1.44. The molecule has 18 heavy (non-hydrogen) atoms. The average Bonchev–Trinajstić information content (AvgIpc) is 2.24. The molecule has 0 bridgehead atoms. The van der Waals surface area contributed by atoms with Crippen molar-refractivity contribution in [3.05, 3.63) is 54.9 Å². The Kier molecular flexibility index (Phi) is 3.08. The van der Waals surface area contributed by atoms with Gasteiger partial charge in [0.1, 0.15) is 5.82 Å². The summed E-state index contributed by atoms with van der Waals surface area (Å²) in [4.78, 5) is 24.6. The number of nitrogens with zero attached hydrogens (tertiary/aromatic N) is 1. The van der Waals surface area contributed by atoms with Crippen molar-refractivity contribution >= 4 is 15.9 Å². The number of hydrogen-bond acceptors (Lipinski definition) is 3. The summed E-state index contributed by atoms with van der Waals surface area (Å²) in [5.74, 6) is -1.12. The molecule has 0 fully saturated rings. The summed E-state index contributed by atoms with van der Waals surface area (Å²) in [7, 11) is 0. The Balaban J connectivity index is 2.82. The average molecular weight is 315 g/mol. The summed E-state index contributed by atoms with van der Waals surface area (Å²) < 4.78 is 14.5. The minimum Gasteiger partial charge on any atom is -0.494 e. The van der Waals surface area contributed by atoms with Gasteiger partial charge in [0.05, 0.1) is 16.2 Å². The minimum absolute atomic E-state index is 0.162. The van der Waals surface area contributed by atoms with E-state index in [0.29, 0.717) is 5.56 Å². The molecule has 0 saturated heterocycles. The molecule has 1 aromatic heterocycles. The summed E-state index contributed by atoms with van der Waals surface area (Å²) in [5.41, 5.74) is -0.823. The lowest BCUT2D eigenvalue weighted by Gasteiger charge is -2.11. The molecule has 0 aliphatic carbocycles. The number of aromatic nitrogens is 2. The molecule has 2 aromatic rings. The minimum atomic E-state index is -0.829. The standard InChI is InChI=1S/C11H8BrFN2O3/c1-5-2-6(12)7(13)3-8(5)15-10(17)4-9(16)14-11(15)18/h2-4,17H,1H3,(H,14,16,18). The number of aromatic amines is 1. The lowest BCUT2D eigenvalue weighted by atomic mass is 10.2. The molecule has 94 valence electrons. The second-order valence-electron chi connectivity index (χ2n) is 3.69. The number of aryl methyl sites for hydroxylation is 1. The van der Waals surface area contributed by atoms with Crippen LogP contribution in [0.25, 0.3) is 5.69 Å². The quantitative estimate of drug-likeness (QED) is 0.836. The molecular formula is C11H8BrFN2O3. The first kappa shape index (κ1) is 12.6. The first-order valence-electron chi connectivity index (χ1n) is 4.91. The van der Waals surface area contributed by atoms with Crippen molar-refractivity contribution in [1.29, 1.82) is 0 Å². The third kappa shape index (κ3) is 2.08. The van der Waals surface area contributed by atoms with Crippen LogP contribution in [0.5, 0.6) is 5.88 Å². The third-order valence-electron chi connectivity index (χ3n) is 2.40. The smallest absolute Gasteiger partial charge is 0.335 e. The molecule has 0 unspecified atom stereocenters. The number of halogens is 2. The molecule has 2 rings (SSSR count). The molecule has 1 heterocycles. The van der Waals surface area contributed by atoms with Crippen LogP contribution in [0.2, 0.25) is 0 Å². The van der Waals surface area contributed by atoms with Gasteiger partial charge in [0, 0.05) is 0 Å². The first-order chi connectivity index (χ1) is 8.40. The molecule has 2 N–H and O–H groups in total. The van der Waals surface area contributed by atoms with Gasteiger partial charge in [0.15, 0.2) is 0 Å². The van der Waals surface area contributed by atoms with Gasteiger partial charge in [-0.05, 0) is 40.5 Å². The van der Waals surface area contributed by atoms with Crippen LogP contribution in [0.4, 0.5) is 4.39 Å². The number of H-pyrrole nitrogens is 1. The van der Waals surface area contributed by atoms with E-state index in [1.54, 1.807) is 6.92 Å². The van der Waals surface area contributed by atoms with Crippen LogP contribution < -0.4 is 11.2 Å². The van der Waals surface area contributed by atoms with Gasteiger partial charge in [-0.1, -0.05) is 0 Å². The van der Waals surface area contributed by atoms with Gasteiger partial charge >= 0.3 is 5.69 Å². The van der Waals surface area contributed by atoms with E-state index in [1.807, 2.05) is 4.98 Å². The monoisotopic (exact) mass is 314 g/mol. The largest absolute Gasteiger partial charge is 0.494 e. The van der Waals surface area contributed by atoms with E-state index in [-0.39, 0.29) is 10.2 Å². The number of nitrogens with one attached hydrogen (secondary N) is 1. The van der Waals surface area contributed by atoms with E-state index in [0.717, 1.165) is 16.7 Å². The number of aromatic hydroxyl groups is 1. The first-order valence-corrected chi connectivity index (χ1v) is 5.71. The molecule has 0 amide bonds. The summed E-state index contributed by atoms with van der Waals surface area (Å²) in [6.07, 6.45) is 0. The van der Waals surface area contributed by atoms with E-state index >= 15 is 0 Å². The van der Waals surface area contributed by atoms with Crippen LogP contribution >= 0.6 is 15.9 Å². The number of benzene rings is 1. The fraction of sp³-hybridized carbons (Fsp3) is 0.0909. The van der Waals surface area contributed by atoms with Gasteiger partial charge in [-0.25, -0.2) is 13.8 Å². The number of rotatable bonds is 1. The molecule has 0 saturated carbocycles. The molecular weight excluding hydrogens is 307 g/mol. The second-order valence-corrected chi connectivity index (χ2v) is 4.54. The van der Waals surface area contributed by atoms with Crippen LogP contribution in [0.3, 0.4) is 0 Å². The zero-order chi connectivity index (χ0) is 13.4. The summed E-state index contributed by atoms with van der Waals surface area (Å²) >= 11 is 3.02. The van der Waals surface area contributed by atoms with Gasteiger partial charge in [-0.2, -0.15) is 0 Å². The van der Waals surface area contributed by atoms with Crippen molar-refractivity contribution in [2.45, 2.75) is 6.92 Å². The Bertz CT molecular complexity index is 736. The molecule has 5 nitrogen and oxygen atoms in total. The SMILES string of the molecule is Cc1cc(Br)c(F)cc1-n1c(O)cc(=O)[nH]c1=O. The van der Waals surface area contributed by atoms with Crippen molar-refractivity contribution in [1.82, 2.24) is 9.55 Å². The van der Waals surface area contributed by atoms with Crippen molar-refractivity contribution in [2.75, 3.05) is 0 Å². The summed E-state index contributed by atoms with van der Waals surface area (Å²) in [6, 6.07) is 3.42. The van der Waals surface area contributed by atoms with E-state index < -0.39 is 22.9 Å². The van der Waals surface area contributed by atoms with Crippen molar-refractivity contribution in [3.63, 3.8) is 0 Å². The molecule has 0 radical (unpaired) electrons. The second kappa shape index (κ2) is 4.41. The fourth-order valence-corrected chi connectivity index (χ4v) is 2.05. The van der Waals surface area contributed by atoms with Crippen LogP contribution in [-0.4, -0.2) is 14.7 Å². The fourth-order valence-electron chi connectivity index (χ4n) is 1.59. The summed E-state index contributed by atoms with van der Waals surface area (Å²) in [6.45, 7) is 1.65.